The number of amides is 1. The van der Waals surface area contributed by atoms with Gasteiger partial charge in [0.2, 0.25) is 0 Å². The first kappa shape index (κ1) is 20.1. The van der Waals surface area contributed by atoms with Crippen molar-refractivity contribution in [1.82, 2.24) is 0 Å². The van der Waals surface area contributed by atoms with E-state index in [1.165, 1.54) is 4.90 Å². The molecule has 1 amide bonds. The van der Waals surface area contributed by atoms with E-state index in [2.05, 4.69) is 0 Å². The molecule has 3 aromatic rings. The van der Waals surface area contributed by atoms with E-state index < -0.39 is 12.0 Å². The van der Waals surface area contributed by atoms with Crippen molar-refractivity contribution in [2.75, 3.05) is 12.0 Å². The molecule has 3 aromatic carbocycles. The van der Waals surface area contributed by atoms with E-state index in [0.29, 0.717) is 17.0 Å². The molecule has 0 aliphatic rings. The Hall–Kier alpha value is -3.60. The van der Waals surface area contributed by atoms with Crippen LogP contribution in [0.25, 0.3) is 0 Å². The molecule has 0 fully saturated rings. The minimum absolute atomic E-state index is 0.153. The van der Waals surface area contributed by atoms with Gasteiger partial charge in [-0.05, 0) is 48.9 Å². The Labute approximate surface area is 170 Å². The Morgan fingerprint density at radius 3 is 2.03 bits per heavy atom. The van der Waals surface area contributed by atoms with Crippen LogP contribution >= 0.6 is 0 Å². The van der Waals surface area contributed by atoms with Crippen LogP contribution in [0.15, 0.2) is 84.9 Å². The summed E-state index contributed by atoms with van der Waals surface area (Å²) in [4.78, 5) is 27.4. The second-order valence-electron chi connectivity index (χ2n) is 6.51. The molecule has 0 bridgehead atoms. The fourth-order valence-electron chi connectivity index (χ4n) is 2.93. The predicted octanol–water partition coefficient (Wildman–Crippen LogP) is 4.47. The molecule has 0 radical (unpaired) electrons. The van der Waals surface area contributed by atoms with Crippen LogP contribution in [0.4, 0.5) is 5.69 Å². The lowest BCUT2D eigenvalue weighted by Crippen LogP contribution is -2.44. The number of rotatable bonds is 7. The minimum Gasteiger partial charge on any atom is -0.497 e. The molecule has 0 saturated heterocycles. The second-order valence-corrected chi connectivity index (χ2v) is 6.51. The van der Waals surface area contributed by atoms with Crippen molar-refractivity contribution in [3.05, 3.63) is 96.1 Å². The highest BCUT2D eigenvalue weighted by atomic mass is 16.5. The van der Waals surface area contributed by atoms with Crippen molar-refractivity contribution in [3.63, 3.8) is 0 Å². The molecule has 5 nitrogen and oxygen atoms in total. The average molecular weight is 389 g/mol. The van der Waals surface area contributed by atoms with Gasteiger partial charge >= 0.3 is 5.97 Å². The predicted molar refractivity (Wildman–Crippen MR) is 112 cm³/mol. The van der Waals surface area contributed by atoms with Crippen LogP contribution in [0.1, 0.15) is 22.8 Å². The zero-order chi connectivity index (χ0) is 20.6. The third kappa shape index (κ3) is 5.02. The maximum atomic E-state index is 13.2. The van der Waals surface area contributed by atoms with E-state index in [1.54, 1.807) is 62.6 Å². The zero-order valence-electron chi connectivity index (χ0n) is 16.4. The summed E-state index contributed by atoms with van der Waals surface area (Å²) in [5, 5.41) is 0. The van der Waals surface area contributed by atoms with Gasteiger partial charge < -0.3 is 9.47 Å². The number of esters is 1. The van der Waals surface area contributed by atoms with Gasteiger partial charge in [-0.1, -0.05) is 48.5 Å². The topological polar surface area (TPSA) is 55.8 Å². The van der Waals surface area contributed by atoms with Crippen molar-refractivity contribution in [3.8, 4) is 5.75 Å². The third-order valence-electron chi connectivity index (χ3n) is 4.54. The Morgan fingerprint density at radius 2 is 1.45 bits per heavy atom. The number of anilines is 1. The molecule has 0 spiro atoms. The molecule has 148 valence electrons. The maximum absolute atomic E-state index is 13.2. The molecule has 0 unspecified atom stereocenters. The Morgan fingerprint density at radius 1 is 0.862 bits per heavy atom. The monoisotopic (exact) mass is 389 g/mol. The number of benzene rings is 3. The fraction of sp³-hybridized carbons (Fsp3) is 0.167. The lowest BCUT2D eigenvalue weighted by Gasteiger charge is -2.28. The van der Waals surface area contributed by atoms with Crippen LogP contribution in [0.2, 0.25) is 0 Å². The first-order valence-electron chi connectivity index (χ1n) is 9.33. The molecule has 0 aliphatic heterocycles. The minimum atomic E-state index is -0.806. The molecule has 1 atom stereocenters. The summed E-state index contributed by atoms with van der Waals surface area (Å²) in [6.45, 7) is 1.82. The standard InChI is InChI=1S/C24H23NO4/c1-18(24(27)29-17-19-9-5-3-6-10-19)25(21-13-15-22(28-2)16-14-21)23(26)20-11-7-4-8-12-20/h3-16,18H,17H2,1-2H3/t18-/m0/s1. The molecule has 0 heterocycles. The molecular formula is C24H23NO4. The molecule has 29 heavy (non-hydrogen) atoms. The van der Waals surface area contributed by atoms with Gasteiger partial charge in [-0.3, -0.25) is 9.69 Å². The molecular weight excluding hydrogens is 366 g/mol. The van der Waals surface area contributed by atoms with Gasteiger partial charge in [-0.2, -0.15) is 0 Å². The zero-order valence-corrected chi connectivity index (χ0v) is 16.4. The highest BCUT2D eigenvalue weighted by Gasteiger charge is 2.29. The van der Waals surface area contributed by atoms with Crippen molar-refractivity contribution >= 4 is 17.6 Å². The summed E-state index contributed by atoms with van der Waals surface area (Å²) >= 11 is 0. The summed E-state index contributed by atoms with van der Waals surface area (Å²) in [6, 6.07) is 24.5. The summed E-state index contributed by atoms with van der Waals surface area (Å²) < 4.78 is 10.7. The van der Waals surface area contributed by atoms with Gasteiger partial charge in [-0.15, -0.1) is 0 Å². The van der Waals surface area contributed by atoms with Crippen molar-refractivity contribution in [2.24, 2.45) is 0 Å². The van der Waals surface area contributed by atoms with Crippen LogP contribution < -0.4 is 9.64 Å². The van der Waals surface area contributed by atoms with E-state index in [1.807, 2.05) is 36.4 Å². The number of hydrogen-bond donors (Lipinski definition) is 0. The molecule has 5 heteroatoms. The van der Waals surface area contributed by atoms with E-state index >= 15 is 0 Å². The number of carbonyl (C=O) groups is 2. The summed E-state index contributed by atoms with van der Waals surface area (Å²) in [5.74, 6) is -0.0888. The smallest absolute Gasteiger partial charge is 0.329 e. The van der Waals surface area contributed by atoms with Crippen molar-refractivity contribution in [2.45, 2.75) is 19.6 Å². The highest BCUT2D eigenvalue weighted by Crippen LogP contribution is 2.24. The highest BCUT2D eigenvalue weighted by molar-refractivity contribution is 6.09. The molecule has 0 aliphatic carbocycles. The van der Waals surface area contributed by atoms with E-state index in [0.717, 1.165) is 5.56 Å². The summed E-state index contributed by atoms with van der Waals surface area (Å²) in [5.41, 5.74) is 1.97. The molecule has 0 N–H and O–H groups in total. The number of ether oxygens (including phenoxy) is 2. The van der Waals surface area contributed by atoms with Crippen LogP contribution in [0.5, 0.6) is 5.75 Å². The van der Waals surface area contributed by atoms with Gasteiger partial charge in [0.25, 0.3) is 5.91 Å². The Kier molecular flexibility index (Phi) is 6.63. The molecule has 0 saturated carbocycles. The third-order valence-corrected chi connectivity index (χ3v) is 4.54. The van der Waals surface area contributed by atoms with Gasteiger partial charge in [0, 0.05) is 11.3 Å². The van der Waals surface area contributed by atoms with Crippen molar-refractivity contribution < 1.29 is 19.1 Å². The van der Waals surface area contributed by atoms with Gasteiger partial charge in [-0.25, -0.2) is 4.79 Å². The Balaban J connectivity index is 1.84. The van der Waals surface area contributed by atoms with E-state index in [9.17, 15) is 9.59 Å². The largest absolute Gasteiger partial charge is 0.497 e. The van der Waals surface area contributed by atoms with Gasteiger partial charge in [0.1, 0.15) is 18.4 Å². The number of hydrogen-bond acceptors (Lipinski definition) is 4. The molecule has 0 aromatic heterocycles. The van der Waals surface area contributed by atoms with E-state index in [4.69, 9.17) is 9.47 Å². The number of methoxy groups -OCH3 is 1. The number of carbonyl (C=O) groups excluding carboxylic acids is 2. The Bertz CT molecular complexity index is 940. The quantitative estimate of drug-likeness (QED) is 0.559. The normalized spacial score (nSPS) is 11.4. The van der Waals surface area contributed by atoms with E-state index in [-0.39, 0.29) is 12.5 Å². The summed E-state index contributed by atoms with van der Waals surface area (Å²) in [6.07, 6.45) is 0. The van der Waals surface area contributed by atoms with Crippen LogP contribution in [-0.2, 0) is 16.1 Å². The first-order chi connectivity index (χ1) is 14.1. The lowest BCUT2D eigenvalue weighted by molar-refractivity contribution is -0.146. The lowest BCUT2D eigenvalue weighted by atomic mass is 10.1. The maximum Gasteiger partial charge on any atom is 0.329 e. The van der Waals surface area contributed by atoms with Gasteiger partial charge in [0.15, 0.2) is 0 Å². The van der Waals surface area contributed by atoms with Gasteiger partial charge in [0.05, 0.1) is 7.11 Å². The first-order valence-corrected chi connectivity index (χ1v) is 9.33. The van der Waals surface area contributed by atoms with Crippen molar-refractivity contribution in [1.29, 1.82) is 0 Å². The molecule has 3 rings (SSSR count). The van der Waals surface area contributed by atoms with Crippen LogP contribution in [-0.4, -0.2) is 25.0 Å². The SMILES string of the molecule is COc1ccc(N(C(=O)c2ccccc2)[C@@H](C)C(=O)OCc2ccccc2)cc1. The fourth-order valence-corrected chi connectivity index (χ4v) is 2.93. The summed E-state index contributed by atoms with van der Waals surface area (Å²) in [7, 11) is 1.57. The second kappa shape index (κ2) is 9.55. The van der Waals surface area contributed by atoms with Crippen LogP contribution in [0.3, 0.4) is 0 Å². The van der Waals surface area contributed by atoms with Crippen LogP contribution in [0, 0.1) is 0 Å². The average Bonchev–Trinajstić information content (AvgIpc) is 2.79. The number of nitrogens with zero attached hydrogens (tertiary/aromatic N) is 1.